The van der Waals surface area contributed by atoms with Crippen molar-refractivity contribution in [3.63, 3.8) is 0 Å². The molecule has 0 unspecified atom stereocenters. The summed E-state index contributed by atoms with van der Waals surface area (Å²) in [4.78, 5) is 9.57. The number of aromatic nitrogens is 5. The van der Waals surface area contributed by atoms with E-state index in [1.54, 1.807) is 20.5 Å². The lowest BCUT2D eigenvalue weighted by molar-refractivity contribution is 0.174. The van der Waals surface area contributed by atoms with Crippen LogP contribution in [0, 0.1) is 0 Å². The second kappa shape index (κ2) is 8.27. The summed E-state index contributed by atoms with van der Waals surface area (Å²) in [6, 6.07) is 13.5. The van der Waals surface area contributed by atoms with Crippen molar-refractivity contribution in [2.24, 2.45) is 4.99 Å². The maximum absolute atomic E-state index is 6.34. The molecule has 1 atom stereocenters. The minimum Gasteiger partial charge on any atom is -0.497 e. The van der Waals surface area contributed by atoms with Crippen LogP contribution in [-0.2, 0) is 22.6 Å². The molecule has 0 amide bonds. The summed E-state index contributed by atoms with van der Waals surface area (Å²) in [6.45, 7) is 1.25. The molecule has 0 radical (unpaired) electrons. The Labute approximate surface area is 200 Å². The van der Waals surface area contributed by atoms with Gasteiger partial charge < -0.3 is 18.8 Å². The van der Waals surface area contributed by atoms with Crippen LogP contribution in [0.25, 0.3) is 17.1 Å². The molecule has 0 saturated carbocycles. The van der Waals surface area contributed by atoms with Crippen molar-refractivity contribution in [1.82, 2.24) is 24.3 Å². The molecule has 172 valence electrons. The third-order valence-electron chi connectivity index (χ3n) is 6.07. The van der Waals surface area contributed by atoms with Crippen molar-refractivity contribution in [2.75, 3.05) is 20.8 Å². The summed E-state index contributed by atoms with van der Waals surface area (Å²) in [5.74, 6) is 2.75. The number of nitrogens with zero attached hydrogens (tertiary/aromatic N) is 6. The first-order valence-electron chi connectivity index (χ1n) is 10.8. The Hall–Kier alpha value is -3.69. The van der Waals surface area contributed by atoms with Gasteiger partial charge in [0, 0.05) is 17.7 Å². The van der Waals surface area contributed by atoms with Crippen LogP contribution < -0.4 is 4.74 Å². The van der Waals surface area contributed by atoms with Gasteiger partial charge >= 0.3 is 0 Å². The Morgan fingerprint density at radius 1 is 1.15 bits per heavy atom. The first-order chi connectivity index (χ1) is 16.7. The molecule has 34 heavy (non-hydrogen) atoms. The summed E-state index contributed by atoms with van der Waals surface area (Å²) in [6.07, 6.45) is 1.79. The predicted molar refractivity (Wildman–Crippen MR) is 126 cm³/mol. The van der Waals surface area contributed by atoms with Gasteiger partial charge in [0.1, 0.15) is 37.0 Å². The van der Waals surface area contributed by atoms with E-state index in [9.17, 15) is 0 Å². The number of hydrogen-bond acceptors (Lipinski definition) is 7. The summed E-state index contributed by atoms with van der Waals surface area (Å²) < 4.78 is 20.8. The van der Waals surface area contributed by atoms with Gasteiger partial charge in [0.25, 0.3) is 0 Å². The Morgan fingerprint density at radius 3 is 2.91 bits per heavy atom. The molecular formula is C24H21ClN6O3. The predicted octanol–water partition coefficient (Wildman–Crippen LogP) is 3.82. The monoisotopic (exact) mass is 476 g/mol. The SMILES string of the molecule is COCc1nnc2n1Cc1c(C3=N[C@@H](c4cccc(OC)c4)CO3)ncn1-c1ccc(Cl)cc1-2. The Balaban J connectivity index is 1.46. The van der Waals surface area contributed by atoms with Gasteiger partial charge in [-0.05, 0) is 35.9 Å². The fourth-order valence-electron chi connectivity index (χ4n) is 4.42. The molecule has 9 nitrogen and oxygen atoms in total. The summed E-state index contributed by atoms with van der Waals surface area (Å²) in [5, 5.41) is 9.42. The maximum Gasteiger partial charge on any atom is 0.238 e. The minimum atomic E-state index is -0.131. The van der Waals surface area contributed by atoms with Gasteiger partial charge in [-0.25, -0.2) is 9.98 Å². The molecule has 6 rings (SSSR count). The zero-order valence-corrected chi connectivity index (χ0v) is 19.4. The summed E-state index contributed by atoms with van der Waals surface area (Å²) in [5.41, 5.74) is 4.42. The van der Waals surface area contributed by atoms with E-state index < -0.39 is 0 Å². The second-order valence-corrected chi connectivity index (χ2v) is 8.50. The maximum atomic E-state index is 6.34. The van der Waals surface area contributed by atoms with E-state index in [4.69, 9.17) is 35.8 Å². The molecule has 0 fully saturated rings. The molecule has 0 N–H and O–H groups in total. The Bertz CT molecular complexity index is 1430. The largest absolute Gasteiger partial charge is 0.497 e. The molecule has 0 spiro atoms. The number of imidazole rings is 1. The minimum absolute atomic E-state index is 0.131. The zero-order valence-electron chi connectivity index (χ0n) is 18.6. The molecule has 2 aromatic heterocycles. The fraction of sp³-hybridized carbons (Fsp3) is 0.250. The molecule has 0 bridgehead atoms. The van der Waals surface area contributed by atoms with E-state index in [1.165, 1.54) is 0 Å². The van der Waals surface area contributed by atoms with Crippen LogP contribution in [0.15, 0.2) is 53.8 Å². The van der Waals surface area contributed by atoms with Gasteiger partial charge in [-0.15, -0.1) is 10.2 Å². The van der Waals surface area contributed by atoms with Crippen molar-refractivity contribution >= 4 is 17.5 Å². The number of rotatable bonds is 5. The quantitative estimate of drug-likeness (QED) is 0.383. The van der Waals surface area contributed by atoms with Gasteiger partial charge in [0.15, 0.2) is 11.6 Å². The fourth-order valence-corrected chi connectivity index (χ4v) is 4.59. The Morgan fingerprint density at radius 2 is 2.06 bits per heavy atom. The molecule has 2 aromatic carbocycles. The standard InChI is InChI=1S/C24H21ClN6O3/c1-32-12-21-28-29-23-17-9-15(25)6-7-19(17)31-13-26-22(20(31)10-30(21)23)24-27-18(11-34-24)14-4-3-5-16(8-14)33-2/h3-9,13,18H,10-12H2,1-2H3/t18-/m1/s1. The van der Waals surface area contributed by atoms with E-state index in [-0.39, 0.29) is 6.04 Å². The van der Waals surface area contributed by atoms with E-state index in [2.05, 4.69) is 10.2 Å². The number of ether oxygens (including phenoxy) is 3. The second-order valence-electron chi connectivity index (χ2n) is 8.07. The molecule has 0 saturated heterocycles. The first kappa shape index (κ1) is 20.9. The number of aliphatic imine (C=N–C) groups is 1. The smallest absolute Gasteiger partial charge is 0.238 e. The lowest BCUT2D eigenvalue weighted by atomic mass is 10.1. The first-order valence-corrected chi connectivity index (χ1v) is 11.2. The number of halogens is 1. The van der Waals surface area contributed by atoms with Crippen molar-refractivity contribution < 1.29 is 14.2 Å². The topological polar surface area (TPSA) is 88.6 Å². The van der Waals surface area contributed by atoms with Crippen LogP contribution in [0.1, 0.15) is 28.8 Å². The van der Waals surface area contributed by atoms with Gasteiger partial charge in [-0.2, -0.15) is 0 Å². The zero-order chi connectivity index (χ0) is 23.2. The average molecular weight is 477 g/mol. The van der Waals surface area contributed by atoms with E-state index in [0.29, 0.717) is 42.2 Å². The molecule has 0 aliphatic carbocycles. The van der Waals surface area contributed by atoms with Crippen LogP contribution in [0.3, 0.4) is 0 Å². The highest BCUT2D eigenvalue weighted by molar-refractivity contribution is 6.31. The highest BCUT2D eigenvalue weighted by atomic mass is 35.5. The highest BCUT2D eigenvalue weighted by Crippen LogP contribution is 2.35. The van der Waals surface area contributed by atoms with Crippen LogP contribution in [0.5, 0.6) is 5.75 Å². The lowest BCUT2D eigenvalue weighted by Crippen LogP contribution is -2.13. The molecule has 10 heteroatoms. The summed E-state index contributed by atoms with van der Waals surface area (Å²) >= 11 is 6.34. The highest BCUT2D eigenvalue weighted by Gasteiger charge is 2.31. The summed E-state index contributed by atoms with van der Waals surface area (Å²) in [7, 11) is 3.29. The van der Waals surface area contributed by atoms with Crippen molar-refractivity contribution in [3.05, 3.63) is 76.6 Å². The number of methoxy groups -OCH3 is 2. The molecule has 2 aliphatic rings. The van der Waals surface area contributed by atoms with Gasteiger partial charge in [-0.3, -0.25) is 4.57 Å². The van der Waals surface area contributed by atoms with Gasteiger partial charge in [-0.1, -0.05) is 23.7 Å². The van der Waals surface area contributed by atoms with E-state index in [1.807, 2.05) is 51.6 Å². The molecule has 4 aromatic rings. The van der Waals surface area contributed by atoms with Crippen molar-refractivity contribution in [1.29, 1.82) is 0 Å². The van der Waals surface area contributed by atoms with Crippen LogP contribution in [0.2, 0.25) is 5.02 Å². The van der Waals surface area contributed by atoms with E-state index >= 15 is 0 Å². The molecule has 4 heterocycles. The van der Waals surface area contributed by atoms with Crippen molar-refractivity contribution in [3.8, 4) is 22.8 Å². The van der Waals surface area contributed by atoms with E-state index in [0.717, 1.165) is 34.1 Å². The lowest BCUT2D eigenvalue weighted by Gasteiger charge is -2.09. The van der Waals surface area contributed by atoms with Gasteiger partial charge in [0.2, 0.25) is 5.90 Å². The number of benzene rings is 2. The average Bonchev–Trinajstić information content (AvgIpc) is 3.57. The third-order valence-corrected chi connectivity index (χ3v) is 6.30. The number of hydrogen-bond donors (Lipinski definition) is 0. The van der Waals surface area contributed by atoms with Crippen LogP contribution in [0.4, 0.5) is 0 Å². The molecular weight excluding hydrogens is 456 g/mol. The van der Waals surface area contributed by atoms with Crippen molar-refractivity contribution in [2.45, 2.75) is 19.2 Å². The Kier molecular flexibility index (Phi) is 5.08. The third kappa shape index (κ3) is 3.36. The van der Waals surface area contributed by atoms with Crippen LogP contribution in [-0.4, -0.2) is 51.0 Å². The molecule has 2 aliphatic heterocycles. The van der Waals surface area contributed by atoms with Gasteiger partial charge in [0.05, 0.1) is 25.0 Å². The number of fused-ring (bicyclic) bond motifs is 5. The van der Waals surface area contributed by atoms with Crippen LogP contribution >= 0.6 is 11.6 Å². The normalized spacial score (nSPS) is 16.2.